The first-order valence-electron chi connectivity index (χ1n) is 11.3. The Morgan fingerprint density at radius 2 is 1.86 bits per heavy atom. The van der Waals surface area contributed by atoms with Crippen LogP contribution in [0.25, 0.3) is 28.0 Å². The summed E-state index contributed by atoms with van der Waals surface area (Å²) in [6, 6.07) is 23.7. The average Bonchev–Trinajstić information content (AvgIpc) is 3.52. The van der Waals surface area contributed by atoms with Crippen molar-refractivity contribution in [1.29, 1.82) is 0 Å². The van der Waals surface area contributed by atoms with Crippen LogP contribution in [0.2, 0.25) is 0 Å². The molecular formula is C27H24N6O2S. The van der Waals surface area contributed by atoms with Crippen LogP contribution in [-0.4, -0.2) is 44.7 Å². The predicted molar refractivity (Wildman–Crippen MR) is 143 cm³/mol. The molecule has 1 amide bonds. The van der Waals surface area contributed by atoms with Crippen molar-refractivity contribution in [2.24, 2.45) is 5.10 Å². The van der Waals surface area contributed by atoms with Gasteiger partial charge in [-0.3, -0.25) is 9.36 Å². The number of methoxy groups -OCH3 is 1. The molecule has 2 N–H and O–H groups in total. The lowest BCUT2D eigenvalue weighted by molar-refractivity contribution is -0.118. The molecule has 0 unspecified atom stereocenters. The van der Waals surface area contributed by atoms with E-state index in [-0.39, 0.29) is 11.7 Å². The summed E-state index contributed by atoms with van der Waals surface area (Å²) < 4.78 is 7.23. The van der Waals surface area contributed by atoms with Gasteiger partial charge < -0.3 is 9.72 Å². The summed E-state index contributed by atoms with van der Waals surface area (Å²) in [6.07, 6.45) is 3.50. The molecule has 180 valence electrons. The molecule has 2 heterocycles. The Kier molecular flexibility index (Phi) is 6.81. The molecule has 3 aromatic carbocycles. The lowest BCUT2D eigenvalue weighted by Crippen LogP contribution is -2.20. The van der Waals surface area contributed by atoms with Crippen molar-refractivity contribution in [2.75, 3.05) is 12.9 Å². The lowest BCUT2D eigenvalue weighted by Gasteiger charge is -2.11. The first-order chi connectivity index (χ1) is 17.6. The maximum Gasteiger partial charge on any atom is 0.250 e. The smallest absolute Gasteiger partial charge is 0.250 e. The fraction of sp³-hybridized carbons (Fsp3) is 0.111. The number of nitrogens with one attached hydrogen (secondary N) is 2. The fourth-order valence-corrected chi connectivity index (χ4v) is 4.50. The van der Waals surface area contributed by atoms with Crippen molar-refractivity contribution < 1.29 is 9.53 Å². The van der Waals surface area contributed by atoms with Crippen LogP contribution in [0, 0.1) is 6.92 Å². The van der Waals surface area contributed by atoms with Gasteiger partial charge in [0.25, 0.3) is 5.91 Å². The number of carbonyl (C=O) groups is 1. The van der Waals surface area contributed by atoms with Crippen molar-refractivity contribution in [3.05, 3.63) is 90.1 Å². The van der Waals surface area contributed by atoms with E-state index in [2.05, 4.69) is 25.7 Å². The Labute approximate surface area is 212 Å². The second-order valence-corrected chi connectivity index (χ2v) is 9.02. The molecule has 0 radical (unpaired) electrons. The predicted octanol–water partition coefficient (Wildman–Crippen LogP) is 4.98. The highest BCUT2D eigenvalue weighted by atomic mass is 32.2. The van der Waals surface area contributed by atoms with Crippen LogP contribution in [-0.2, 0) is 4.79 Å². The number of hydrogen-bond acceptors (Lipinski definition) is 6. The number of amides is 1. The summed E-state index contributed by atoms with van der Waals surface area (Å²) in [5, 5.41) is 14.6. The van der Waals surface area contributed by atoms with Crippen molar-refractivity contribution in [3.8, 4) is 22.8 Å². The fourth-order valence-electron chi connectivity index (χ4n) is 3.75. The van der Waals surface area contributed by atoms with Crippen molar-refractivity contribution in [2.45, 2.75) is 12.1 Å². The Morgan fingerprint density at radius 3 is 2.64 bits per heavy atom. The molecule has 5 aromatic rings. The maximum absolute atomic E-state index is 12.5. The van der Waals surface area contributed by atoms with Crippen molar-refractivity contribution in [1.82, 2.24) is 25.2 Å². The normalized spacial score (nSPS) is 11.3. The SMILES string of the molecule is COc1ccc(-c2nnc(SCC(=O)N/N=C/c3c[nH]c4ccccc34)n2-c2ccc(C)cc2)cc1. The Hall–Kier alpha value is -4.37. The number of thioether (sulfide) groups is 1. The van der Waals surface area contributed by atoms with Gasteiger partial charge in [-0.05, 0) is 49.4 Å². The minimum atomic E-state index is -0.236. The molecule has 0 saturated heterocycles. The third kappa shape index (κ3) is 5.01. The third-order valence-corrected chi connectivity index (χ3v) is 6.55. The van der Waals surface area contributed by atoms with Gasteiger partial charge in [-0.25, -0.2) is 5.43 Å². The van der Waals surface area contributed by atoms with E-state index < -0.39 is 0 Å². The number of fused-ring (bicyclic) bond motifs is 1. The van der Waals surface area contributed by atoms with Gasteiger partial charge >= 0.3 is 0 Å². The summed E-state index contributed by atoms with van der Waals surface area (Å²) in [7, 11) is 1.63. The molecule has 0 bridgehead atoms. The quantitative estimate of drug-likeness (QED) is 0.180. The molecule has 0 fully saturated rings. The van der Waals surface area contributed by atoms with E-state index in [0.29, 0.717) is 11.0 Å². The first kappa shape index (κ1) is 23.4. The number of aromatic amines is 1. The van der Waals surface area contributed by atoms with Gasteiger partial charge in [0.15, 0.2) is 11.0 Å². The summed E-state index contributed by atoms with van der Waals surface area (Å²) in [4.78, 5) is 15.7. The van der Waals surface area contributed by atoms with Gasteiger partial charge in [-0.2, -0.15) is 5.10 Å². The van der Waals surface area contributed by atoms with Crippen LogP contribution >= 0.6 is 11.8 Å². The molecule has 2 aromatic heterocycles. The zero-order valence-corrected chi connectivity index (χ0v) is 20.6. The van der Waals surface area contributed by atoms with Gasteiger partial charge in [-0.1, -0.05) is 47.7 Å². The van der Waals surface area contributed by atoms with Crippen molar-refractivity contribution >= 4 is 34.8 Å². The van der Waals surface area contributed by atoms with E-state index in [1.54, 1.807) is 13.3 Å². The number of aromatic nitrogens is 4. The molecule has 0 atom stereocenters. The Bertz CT molecular complexity index is 1520. The number of aryl methyl sites for hydroxylation is 1. The van der Waals surface area contributed by atoms with Crippen LogP contribution in [0.15, 0.2) is 89.3 Å². The molecule has 0 aliphatic rings. The first-order valence-corrected chi connectivity index (χ1v) is 12.3. The van der Waals surface area contributed by atoms with Gasteiger partial charge in [0.1, 0.15) is 5.75 Å². The molecule has 0 aliphatic heterocycles. The number of benzene rings is 3. The number of hydrazone groups is 1. The molecular weight excluding hydrogens is 472 g/mol. The second kappa shape index (κ2) is 10.5. The van der Waals surface area contributed by atoms with Gasteiger partial charge in [0.2, 0.25) is 0 Å². The number of ether oxygens (including phenoxy) is 1. The Balaban J connectivity index is 1.32. The molecule has 0 spiro atoms. The summed E-state index contributed by atoms with van der Waals surface area (Å²) in [6.45, 7) is 2.04. The zero-order valence-electron chi connectivity index (χ0n) is 19.8. The topological polar surface area (TPSA) is 97.2 Å². The number of nitrogens with zero attached hydrogens (tertiary/aromatic N) is 4. The van der Waals surface area contributed by atoms with E-state index in [4.69, 9.17) is 4.74 Å². The molecule has 9 heteroatoms. The largest absolute Gasteiger partial charge is 0.497 e. The maximum atomic E-state index is 12.5. The highest BCUT2D eigenvalue weighted by molar-refractivity contribution is 7.99. The molecule has 5 rings (SSSR count). The van der Waals surface area contributed by atoms with E-state index in [1.165, 1.54) is 11.8 Å². The highest BCUT2D eigenvalue weighted by Crippen LogP contribution is 2.29. The number of hydrogen-bond donors (Lipinski definition) is 2. The van der Waals surface area contributed by atoms with Gasteiger partial charge in [0.05, 0.1) is 19.1 Å². The lowest BCUT2D eigenvalue weighted by atomic mass is 10.2. The second-order valence-electron chi connectivity index (χ2n) is 8.08. The Morgan fingerprint density at radius 1 is 1.08 bits per heavy atom. The minimum absolute atomic E-state index is 0.137. The van der Waals surface area contributed by atoms with Gasteiger partial charge in [0, 0.05) is 33.9 Å². The minimum Gasteiger partial charge on any atom is -0.497 e. The monoisotopic (exact) mass is 496 g/mol. The standard InChI is InChI=1S/C27H24N6O2S/c1-18-7-11-21(12-8-18)33-26(19-9-13-22(35-2)14-10-19)31-32-27(33)36-17-25(34)30-29-16-20-15-28-24-6-4-3-5-23(20)24/h3-16,28H,17H2,1-2H3,(H,30,34)/b29-16+. The summed E-state index contributed by atoms with van der Waals surface area (Å²) in [5.41, 5.74) is 7.48. The average molecular weight is 497 g/mol. The summed E-state index contributed by atoms with van der Waals surface area (Å²) >= 11 is 1.30. The van der Waals surface area contributed by atoms with Crippen LogP contribution in [0.3, 0.4) is 0 Å². The zero-order chi connectivity index (χ0) is 24.9. The van der Waals surface area contributed by atoms with Crippen molar-refractivity contribution in [3.63, 3.8) is 0 Å². The number of para-hydroxylation sites is 1. The third-order valence-electron chi connectivity index (χ3n) is 5.62. The number of H-pyrrole nitrogens is 1. The molecule has 8 nitrogen and oxygen atoms in total. The van der Waals surface area contributed by atoms with Crippen LogP contribution in [0.5, 0.6) is 5.75 Å². The van der Waals surface area contributed by atoms with E-state index in [9.17, 15) is 4.79 Å². The van der Waals surface area contributed by atoms with Crippen LogP contribution in [0.1, 0.15) is 11.1 Å². The summed E-state index contributed by atoms with van der Waals surface area (Å²) in [5.74, 6) is 1.35. The van der Waals surface area contributed by atoms with Crippen LogP contribution in [0.4, 0.5) is 0 Å². The van der Waals surface area contributed by atoms with E-state index >= 15 is 0 Å². The molecule has 0 aliphatic carbocycles. The van der Waals surface area contributed by atoms with Crippen LogP contribution < -0.4 is 10.2 Å². The van der Waals surface area contributed by atoms with E-state index in [1.807, 2.05) is 90.5 Å². The van der Waals surface area contributed by atoms with E-state index in [0.717, 1.165) is 39.0 Å². The molecule has 0 saturated carbocycles. The highest BCUT2D eigenvalue weighted by Gasteiger charge is 2.17. The number of rotatable bonds is 8. The van der Waals surface area contributed by atoms with Gasteiger partial charge in [-0.15, -0.1) is 10.2 Å². The molecule has 36 heavy (non-hydrogen) atoms. The number of carbonyl (C=O) groups excluding carboxylic acids is 1.